The van der Waals surface area contributed by atoms with Crippen molar-refractivity contribution >= 4 is 40.1 Å². The molecule has 0 aromatic heterocycles. The fraction of sp³-hybridized carbons (Fsp3) is 0.281. The number of hydrogen-bond donors (Lipinski definition) is 7. The van der Waals surface area contributed by atoms with Crippen molar-refractivity contribution < 1.29 is 50.1 Å². The standard InChI is InChI=1S/C30H30O8.C2H4O2/c1-11(2)19-15-7-13(5)21(27(35)23(15)17(9-31)25(33)29(19)37)22-14(6)8-16-20(12(3)4)30(38)26(34)18(10-32)24(16)28(22)36;1-2(3)4/h7-12,33-38H,1-6H3;1H3,(H,3,4). The van der Waals surface area contributed by atoms with Crippen molar-refractivity contribution in [2.75, 3.05) is 0 Å². The van der Waals surface area contributed by atoms with Gasteiger partial charge in [-0.25, -0.2) is 0 Å². The lowest BCUT2D eigenvalue weighted by atomic mass is 9.83. The summed E-state index contributed by atoms with van der Waals surface area (Å²) in [6, 6.07) is 3.31. The van der Waals surface area contributed by atoms with Crippen molar-refractivity contribution in [1.29, 1.82) is 0 Å². The molecule has 0 atom stereocenters. The second kappa shape index (κ2) is 11.5. The molecule has 7 N–H and O–H groups in total. The van der Waals surface area contributed by atoms with Crippen LogP contribution >= 0.6 is 0 Å². The number of fused-ring (bicyclic) bond motifs is 2. The number of phenolic OH excluding ortho intramolecular Hbond substituents is 6. The first kappa shape index (κ1) is 31.5. The molecule has 0 fully saturated rings. The van der Waals surface area contributed by atoms with Crippen molar-refractivity contribution in [3.05, 3.63) is 45.5 Å². The van der Waals surface area contributed by atoms with E-state index in [2.05, 4.69) is 0 Å². The Morgan fingerprint density at radius 2 is 0.905 bits per heavy atom. The van der Waals surface area contributed by atoms with Crippen molar-refractivity contribution in [1.82, 2.24) is 0 Å². The number of carbonyl (C=O) groups excluding carboxylic acids is 2. The first-order valence-corrected chi connectivity index (χ1v) is 13.1. The van der Waals surface area contributed by atoms with E-state index in [-0.39, 0.29) is 44.9 Å². The molecule has 4 rings (SSSR count). The molecule has 0 saturated heterocycles. The van der Waals surface area contributed by atoms with Crippen LogP contribution in [0.15, 0.2) is 12.1 Å². The van der Waals surface area contributed by atoms with Crippen LogP contribution in [0.4, 0.5) is 0 Å². The maximum Gasteiger partial charge on any atom is 0.300 e. The van der Waals surface area contributed by atoms with E-state index in [4.69, 9.17) is 9.90 Å². The van der Waals surface area contributed by atoms with E-state index in [0.717, 1.165) is 6.92 Å². The molecule has 0 saturated carbocycles. The van der Waals surface area contributed by atoms with Gasteiger partial charge in [0.25, 0.3) is 5.97 Å². The molecule has 0 aliphatic carbocycles. The number of phenols is 6. The Morgan fingerprint density at radius 3 is 1.14 bits per heavy atom. The molecular formula is C32H34O10. The highest BCUT2D eigenvalue weighted by molar-refractivity contribution is 6.14. The van der Waals surface area contributed by atoms with Crippen molar-refractivity contribution in [2.24, 2.45) is 0 Å². The summed E-state index contributed by atoms with van der Waals surface area (Å²) in [6.45, 7) is 11.6. The summed E-state index contributed by atoms with van der Waals surface area (Å²) in [5.41, 5.74) is 1.33. The average Bonchev–Trinajstić information content (AvgIpc) is 2.87. The third kappa shape index (κ3) is 4.89. The number of hydrogen-bond acceptors (Lipinski definition) is 9. The van der Waals surface area contributed by atoms with Crippen LogP contribution in [0.2, 0.25) is 0 Å². The van der Waals surface area contributed by atoms with Crippen molar-refractivity contribution in [3.63, 3.8) is 0 Å². The van der Waals surface area contributed by atoms with E-state index in [0.29, 0.717) is 45.6 Å². The Hall–Kier alpha value is -4.99. The molecule has 0 aliphatic rings. The highest BCUT2D eigenvalue weighted by atomic mass is 16.4. The Kier molecular flexibility index (Phi) is 8.62. The molecule has 42 heavy (non-hydrogen) atoms. The van der Waals surface area contributed by atoms with Gasteiger partial charge in [-0.15, -0.1) is 0 Å². The van der Waals surface area contributed by atoms with E-state index in [1.807, 2.05) is 0 Å². The quantitative estimate of drug-likeness (QED) is 0.102. The number of carbonyl (C=O) groups is 3. The predicted molar refractivity (Wildman–Crippen MR) is 159 cm³/mol. The molecule has 0 bridgehead atoms. The van der Waals surface area contributed by atoms with Crippen LogP contribution in [0.5, 0.6) is 34.5 Å². The number of benzene rings is 4. The number of carboxylic acid groups (broad SMARTS) is 1. The smallest absolute Gasteiger partial charge is 0.300 e. The molecule has 4 aromatic carbocycles. The zero-order valence-electron chi connectivity index (χ0n) is 24.3. The Labute approximate surface area is 241 Å². The number of aromatic hydroxyl groups is 6. The molecule has 0 radical (unpaired) electrons. The molecule has 10 heteroatoms. The molecule has 0 heterocycles. The summed E-state index contributed by atoms with van der Waals surface area (Å²) in [7, 11) is 0. The zero-order valence-corrected chi connectivity index (χ0v) is 24.3. The highest BCUT2D eigenvalue weighted by Crippen LogP contribution is 2.54. The minimum absolute atomic E-state index is 0.00512. The fourth-order valence-corrected chi connectivity index (χ4v) is 5.60. The van der Waals surface area contributed by atoms with Gasteiger partial charge in [0.2, 0.25) is 0 Å². The fourth-order valence-electron chi connectivity index (χ4n) is 5.60. The number of carboxylic acids is 1. The second-order valence-electron chi connectivity index (χ2n) is 10.8. The molecule has 222 valence electrons. The Morgan fingerprint density at radius 1 is 0.619 bits per heavy atom. The van der Waals surface area contributed by atoms with Gasteiger partial charge in [0, 0.05) is 39.9 Å². The minimum atomic E-state index is -0.833. The van der Waals surface area contributed by atoms with E-state index < -0.39 is 40.5 Å². The van der Waals surface area contributed by atoms with Crippen LogP contribution in [0.3, 0.4) is 0 Å². The molecule has 0 spiro atoms. The highest BCUT2D eigenvalue weighted by Gasteiger charge is 2.29. The van der Waals surface area contributed by atoms with Gasteiger partial charge in [-0.2, -0.15) is 0 Å². The molecule has 4 aromatic rings. The van der Waals surface area contributed by atoms with E-state index >= 15 is 0 Å². The van der Waals surface area contributed by atoms with Gasteiger partial charge in [0.1, 0.15) is 11.5 Å². The van der Waals surface area contributed by atoms with Crippen molar-refractivity contribution in [2.45, 2.75) is 60.3 Å². The molecule has 10 nitrogen and oxygen atoms in total. The lowest BCUT2D eigenvalue weighted by Gasteiger charge is -2.23. The summed E-state index contributed by atoms with van der Waals surface area (Å²) >= 11 is 0. The molecule has 0 unspecified atom stereocenters. The third-order valence-electron chi connectivity index (χ3n) is 7.22. The van der Waals surface area contributed by atoms with Gasteiger partial charge in [-0.1, -0.05) is 39.8 Å². The Balaban J connectivity index is 0.00000114. The predicted octanol–water partition coefficient (Wildman–Crippen LogP) is 6.47. The summed E-state index contributed by atoms with van der Waals surface area (Å²) < 4.78 is 0. The lowest BCUT2D eigenvalue weighted by Crippen LogP contribution is -2.01. The van der Waals surface area contributed by atoms with Gasteiger partial charge in [-0.05, 0) is 47.6 Å². The van der Waals surface area contributed by atoms with E-state index in [9.17, 15) is 40.2 Å². The van der Waals surface area contributed by atoms with Gasteiger partial charge in [0.15, 0.2) is 35.6 Å². The maximum absolute atomic E-state index is 12.0. The van der Waals surface area contributed by atoms with Crippen LogP contribution in [0, 0.1) is 13.8 Å². The van der Waals surface area contributed by atoms with E-state index in [1.54, 1.807) is 53.7 Å². The van der Waals surface area contributed by atoms with Gasteiger partial charge in [0.05, 0.1) is 11.1 Å². The van der Waals surface area contributed by atoms with Crippen LogP contribution in [-0.4, -0.2) is 54.3 Å². The zero-order chi connectivity index (χ0) is 32.0. The molecule has 0 aliphatic heterocycles. The van der Waals surface area contributed by atoms with Crippen LogP contribution in [0.25, 0.3) is 32.7 Å². The first-order chi connectivity index (χ1) is 19.5. The van der Waals surface area contributed by atoms with E-state index in [1.165, 1.54) is 0 Å². The number of aryl methyl sites for hydroxylation is 2. The topological polar surface area (TPSA) is 193 Å². The van der Waals surface area contributed by atoms with Crippen molar-refractivity contribution in [3.8, 4) is 45.6 Å². The average molecular weight is 579 g/mol. The number of rotatable bonds is 5. The Bertz CT molecular complexity index is 1650. The SMILES string of the molecule is CC(=O)O.Cc1cc2c(C(C)C)c(O)c(O)c(C=O)c2c(O)c1-c1c(C)cc2c(C(C)C)c(O)c(O)c(C=O)c2c1O. The van der Waals surface area contributed by atoms with Gasteiger partial charge < -0.3 is 35.7 Å². The summed E-state index contributed by atoms with van der Waals surface area (Å²) in [4.78, 5) is 33.0. The summed E-state index contributed by atoms with van der Waals surface area (Å²) in [5.74, 6) is -4.41. The maximum atomic E-state index is 12.0. The normalized spacial score (nSPS) is 11.2. The minimum Gasteiger partial charge on any atom is -0.507 e. The largest absolute Gasteiger partial charge is 0.507 e. The van der Waals surface area contributed by atoms with Crippen LogP contribution in [-0.2, 0) is 4.79 Å². The third-order valence-corrected chi connectivity index (χ3v) is 7.22. The van der Waals surface area contributed by atoms with Gasteiger partial charge in [-0.3, -0.25) is 14.4 Å². The lowest BCUT2D eigenvalue weighted by molar-refractivity contribution is -0.134. The second-order valence-corrected chi connectivity index (χ2v) is 10.8. The van der Waals surface area contributed by atoms with Crippen LogP contribution < -0.4 is 0 Å². The summed E-state index contributed by atoms with van der Waals surface area (Å²) in [5, 5.41) is 73.8. The van der Waals surface area contributed by atoms with Gasteiger partial charge >= 0.3 is 0 Å². The number of aldehydes is 2. The first-order valence-electron chi connectivity index (χ1n) is 13.1. The summed E-state index contributed by atoms with van der Waals surface area (Å²) in [6.07, 6.45) is 0.682. The van der Waals surface area contributed by atoms with Crippen LogP contribution in [0.1, 0.15) is 89.4 Å². The molecular weight excluding hydrogens is 544 g/mol. The molecule has 0 amide bonds. The monoisotopic (exact) mass is 578 g/mol. The number of aliphatic carboxylic acids is 1.